The molecule has 0 fully saturated rings. The zero-order valence-electron chi connectivity index (χ0n) is 10.8. The number of benzene rings is 2. The van der Waals surface area contributed by atoms with Crippen LogP contribution < -0.4 is 20.5 Å². The Bertz CT molecular complexity index is 594. The van der Waals surface area contributed by atoms with Crippen molar-refractivity contribution in [3.05, 3.63) is 47.5 Å². The smallest absolute Gasteiger partial charge is 0.231 e. The lowest BCUT2D eigenvalue weighted by Gasteiger charge is -2.11. The molecule has 0 spiro atoms. The molecule has 2 aromatic rings. The summed E-state index contributed by atoms with van der Waals surface area (Å²) in [6.07, 6.45) is 0. The Hall–Kier alpha value is -2.36. The van der Waals surface area contributed by atoms with Gasteiger partial charge in [-0.2, -0.15) is 0 Å². The number of hydrogen-bond acceptors (Lipinski definition) is 4. The molecule has 2 aromatic carbocycles. The molecule has 1 heterocycles. The maximum atomic E-state index is 5.67. The summed E-state index contributed by atoms with van der Waals surface area (Å²) in [5.41, 5.74) is 9.77. The van der Waals surface area contributed by atoms with E-state index in [0.29, 0.717) is 6.79 Å². The summed E-state index contributed by atoms with van der Waals surface area (Å²) < 4.78 is 10.8. The molecule has 0 saturated heterocycles. The first-order valence-corrected chi connectivity index (χ1v) is 6.21. The van der Waals surface area contributed by atoms with Crippen molar-refractivity contribution in [2.45, 2.75) is 13.5 Å². The predicted molar refractivity (Wildman–Crippen MR) is 75.5 cm³/mol. The van der Waals surface area contributed by atoms with Crippen molar-refractivity contribution in [2.75, 3.05) is 17.8 Å². The lowest BCUT2D eigenvalue weighted by atomic mass is 10.1. The van der Waals surface area contributed by atoms with Crippen molar-refractivity contribution in [1.29, 1.82) is 0 Å². The van der Waals surface area contributed by atoms with Gasteiger partial charge in [-0.3, -0.25) is 0 Å². The largest absolute Gasteiger partial charge is 0.454 e. The number of nitrogens with one attached hydrogen (secondary N) is 1. The fourth-order valence-corrected chi connectivity index (χ4v) is 2.14. The molecule has 1 aliphatic rings. The molecule has 0 bridgehead atoms. The normalized spacial score (nSPS) is 12.5. The van der Waals surface area contributed by atoms with Gasteiger partial charge in [-0.05, 0) is 36.8 Å². The zero-order chi connectivity index (χ0) is 13.2. The van der Waals surface area contributed by atoms with Crippen LogP contribution in [0.1, 0.15) is 11.1 Å². The van der Waals surface area contributed by atoms with Crippen LogP contribution in [0.15, 0.2) is 36.4 Å². The average Bonchev–Trinajstić information content (AvgIpc) is 2.89. The monoisotopic (exact) mass is 256 g/mol. The van der Waals surface area contributed by atoms with E-state index in [1.165, 1.54) is 5.56 Å². The van der Waals surface area contributed by atoms with Gasteiger partial charge >= 0.3 is 0 Å². The number of ether oxygens (including phenoxy) is 2. The summed E-state index contributed by atoms with van der Waals surface area (Å²) in [5, 5.41) is 3.40. The lowest BCUT2D eigenvalue weighted by molar-refractivity contribution is 0.173. The number of nitrogen functional groups attached to an aromatic ring is 1. The second-order valence-electron chi connectivity index (χ2n) is 4.57. The number of hydrogen-bond donors (Lipinski definition) is 2. The first-order chi connectivity index (χ1) is 9.24. The molecule has 3 rings (SSSR count). The molecular weight excluding hydrogens is 240 g/mol. The van der Waals surface area contributed by atoms with Gasteiger partial charge in [0, 0.05) is 23.5 Å². The summed E-state index contributed by atoms with van der Waals surface area (Å²) in [5.74, 6) is 1.65. The Labute approximate surface area is 112 Å². The van der Waals surface area contributed by atoms with E-state index in [1.807, 2.05) is 43.3 Å². The van der Waals surface area contributed by atoms with Crippen molar-refractivity contribution in [3.63, 3.8) is 0 Å². The summed E-state index contributed by atoms with van der Waals surface area (Å²) in [7, 11) is 0. The Balaban J connectivity index is 1.75. The van der Waals surface area contributed by atoms with E-state index in [0.717, 1.165) is 35.0 Å². The Morgan fingerprint density at radius 3 is 2.68 bits per heavy atom. The van der Waals surface area contributed by atoms with E-state index in [1.54, 1.807) is 0 Å². The molecule has 4 heteroatoms. The number of fused-ring (bicyclic) bond motifs is 1. The van der Waals surface area contributed by atoms with E-state index in [9.17, 15) is 0 Å². The summed E-state index contributed by atoms with van der Waals surface area (Å²) in [4.78, 5) is 0. The van der Waals surface area contributed by atoms with Crippen LogP contribution in [0.25, 0.3) is 0 Å². The maximum Gasteiger partial charge on any atom is 0.231 e. The minimum absolute atomic E-state index is 0.303. The molecule has 0 saturated carbocycles. The van der Waals surface area contributed by atoms with Crippen LogP contribution in [0, 0.1) is 6.92 Å². The zero-order valence-corrected chi connectivity index (χ0v) is 10.8. The first-order valence-electron chi connectivity index (χ1n) is 6.21. The Morgan fingerprint density at radius 2 is 1.89 bits per heavy atom. The second kappa shape index (κ2) is 4.72. The topological polar surface area (TPSA) is 56.5 Å². The van der Waals surface area contributed by atoms with Crippen LogP contribution >= 0.6 is 0 Å². The van der Waals surface area contributed by atoms with Crippen molar-refractivity contribution in [3.8, 4) is 11.5 Å². The molecule has 0 radical (unpaired) electrons. The van der Waals surface area contributed by atoms with E-state index >= 15 is 0 Å². The molecule has 0 atom stereocenters. The SMILES string of the molecule is Cc1c(NCc2ccc(N)cc2)ccc2c1OCO2. The molecule has 0 aliphatic carbocycles. The van der Waals surface area contributed by atoms with E-state index in [-0.39, 0.29) is 0 Å². The minimum Gasteiger partial charge on any atom is -0.454 e. The highest BCUT2D eigenvalue weighted by Gasteiger charge is 2.17. The third-order valence-electron chi connectivity index (χ3n) is 3.25. The van der Waals surface area contributed by atoms with Gasteiger partial charge in [0.15, 0.2) is 11.5 Å². The lowest BCUT2D eigenvalue weighted by Crippen LogP contribution is -2.01. The molecule has 1 aliphatic heterocycles. The fraction of sp³-hybridized carbons (Fsp3) is 0.200. The summed E-state index contributed by atoms with van der Waals surface area (Å²) >= 11 is 0. The highest BCUT2D eigenvalue weighted by Crippen LogP contribution is 2.39. The number of nitrogens with two attached hydrogens (primary N) is 1. The van der Waals surface area contributed by atoms with Gasteiger partial charge in [-0.1, -0.05) is 12.1 Å². The van der Waals surface area contributed by atoms with Crippen molar-refractivity contribution < 1.29 is 9.47 Å². The molecule has 19 heavy (non-hydrogen) atoms. The van der Waals surface area contributed by atoms with Gasteiger partial charge in [0.05, 0.1) is 0 Å². The Morgan fingerprint density at radius 1 is 1.11 bits per heavy atom. The van der Waals surface area contributed by atoms with E-state index < -0.39 is 0 Å². The van der Waals surface area contributed by atoms with Gasteiger partial charge in [0.2, 0.25) is 6.79 Å². The number of rotatable bonds is 3. The van der Waals surface area contributed by atoms with Crippen LogP contribution in [0.4, 0.5) is 11.4 Å². The van der Waals surface area contributed by atoms with Crippen LogP contribution in [0.5, 0.6) is 11.5 Å². The van der Waals surface area contributed by atoms with Gasteiger partial charge in [-0.25, -0.2) is 0 Å². The predicted octanol–water partition coefficient (Wildman–Crippen LogP) is 2.92. The molecule has 4 nitrogen and oxygen atoms in total. The van der Waals surface area contributed by atoms with Gasteiger partial charge < -0.3 is 20.5 Å². The molecule has 3 N–H and O–H groups in total. The first kappa shape index (κ1) is 11.7. The van der Waals surface area contributed by atoms with Crippen molar-refractivity contribution in [1.82, 2.24) is 0 Å². The quantitative estimate of drug-likeness (QED) is 0.829. The average molecular weight is 256 g/mol. The third kappa shape index (κ3) is 2.29. The minimum atomic E-state index is 0.303. The molecule has 98 valence electrons. The standard InChI is InChI=1S/C15H16N2O2/c1-10-13(6-7-14-15(10)19-9-18-14)17-8-11-2-4-12(16)5-3-11/h2-7,17H,8-9,16H2,1H3. The highest BCUT2D eigenvalue weighted by molar-refractivity contribution is 5.63. The van der Waals surface area contributed by atoms with Crippen molar-refractivity contribution in [2.24, 2.45) is 0 Å². The van der Waals surface area contributed by atoms with Crippen molar-refractivity contribution >= 4 is 11.4 Å². The van der Waals surface area contributed by atoms with Gasteiger partial charge in [0.25, 0.3) is 0 Å². The summed E-state index contributed by atoms with van der Waals surface area (Å²) in [6, 6.07) is 11.8. The van der Waals surface area contributed by atoms with Gasteiger partial charge in [0.1, 0.15) is 0 Å². The highest BCUT2D eigenvalue weighted by atomic mass is 16.7. The third-order valence-corrected chi connectivity index (χ3v) is 3.25. The molecule has 0 aromatic heterocycles. The van der Waals surface area contributed by atoms with Crippen LogP contribution in [0.2, 0.25) is 0 Å². The molecule has 0 amide bonds. The van der Waals surface area contributed by atoms with E-state index in [2.05, 4.69) is 5.32 Å². The molecular formula is C15H16N2O2. The summed E-state index contributed by atoms with van der Waals surface area (Å²) in [6.45, 7) is 3.08. The van der Waals surface area contributed by atoms with Crippen LogP contribution in [0.3, 0.4) is 0 Å². The Kier molecular flexibility index (Phi) is 2.91. The second-order valence-corrected chi connectivity index (χ2v) is 4.57. The fourth-order valence-electron chi connectivity index (χ4n) is 2.14. The van der Waals surface area contributed by atoms with E-state index in [4.69, 9.17) is 15.2 Å². The van der Waals surface area contributed by atoms with Crippen LogP contribution in [-0.2, 0) is 6.54 Å². The molecule has 0 unspecified atom stereocenters. The number of anilines is 2. The maximum absolute atomic E-state index is 5.67. The van der Waals surface area contributed by atoms with Crippen LogP contribution in [-0.4, -0.2) is 6.79 Å². The van der Waals surface area contributed by atoms with Gasteiger partial charge in [-0.15, -0.1) is 0 Å².